The Bertz CT molecular complexity index is 530. The van der Waals surface area contributed by atoms with E-state index < -0.39 is 0 Å². The maximum Gasteiger partial charge on any atom is 0.350 e. The van der Waals surface area contributed by atoms with Crippen LogP contribution < -0.4 is 0 Å². The molecule has 0 aliphatic rings. The van der Waals surface area contributed by atoms with Crippen molar-refractivity contribution in [3.05, 3.63) is 40.8 Å². The minimum Gasteiger partial charge on any atom is -0.460 e. The first-order chi connectivity index (χ1) is 9.76. The highest BCUT2D eigenvalue weighted by molar-refractivity contribution is 7.12. The molecule has 0 saturated carbocycles. The van der Waals surface area contributed by atoms with Gasteiger partial charge in [0.15, 0.2) is 0 Å². The van der Waals surface area contributed by atoms with Crippen molar-refractivity contribution in [2.24, 2.45) is 0 Å². The molecule has 2 aromatic rings. The summed E-state index contributed by atoms with van der Waals surface area (Å²) in [6.07, 6.45) is 3.85. The Kier molecular flexibility index (Phi) is 5.38. The van der Waals surface area contributed by atoms with Crippen LogP contribution in [0.25, 0.3) is 5.69 Å². The van der Waals surface area contributed by atoms with Gasteiger partial charge < -0.3 is 14.2 Å². The highest BCUT2D eigenvalue weighted by atomic mass is 32.1. The fourth-order valence-electron chi connectivity index (χ4n) is 2.03. The van der Waals surface area contributed by atoms with Gasteiger partial charge in [0.1, 0.15) is 11.5 Å². The van der Waals surface area contributed by atoms with Crippen molar-refractivity contribution >= 4 is 17.3 Å². The van der Waals surface area contributed by atoms with Gasteiger partial charge >= 0.3 is 5.97 Å². The van der Waals surface area contributed by atoms with E-state index >= 15 is 0 Å². The van der Waals surface area contributed by atoms with Crippen molar-refractivity contribution in [2.45, 2.75) is 13.8 Å². The number of thiophene rings is 1. The van der Waals surface area contributed by atoms with Crippen molar-refractivity contribution in [3.63, 3.8) is 0 Å². The molecule has 108 valence electrons. The van der Waals surface area contributed by atoms with E-state index in [0.717, 1.165) is 25.3 Å². The minimum absolute atomic E-state index is 0.240. The predicted molar refractivity (Wildman–Crippen MR) is 81.7 cm³/mol. The number of aromatic nitrogens is 1. The molecular weight excluding hydrogens is 272 g/mol. The van der Waals surface area contributed by atoms with Crippen molar-refractivity contribution < 1.29 is 9.53 Å². The highest BCUT2D eigenvalue weighted by Crippen LogP contribution is 2.22. The zero-order valence-corrected chi connectivity index (χ0v) is 12.7. The van der Waals surface area contributed by atoms with Gasteiger partial charge in [0.05, 0.1) is 5.69 Å². The summed E-state index contributed by atoms with van der Waals surface area (Å²) in [5.74, 6) is -0.240. The van der Waals surface area contributed by atoms with Crippen molar-refractivity contribution in [2.75, 3.05) is 26.2 Å². The number of hydrogen-bond donors (Lipinski definition) is 0. The molecule has 2 aromatic heterocycles. The number of carbonyl (C=O) groups is 1. The number of hydrogen-bond acceptors (Lipinski definition) is 4. The van der Waals surface area contributed by atoms with E-state index in [1.165, 1.54) is 11.3 Å². The average Bonchev–Trinajstić information content (AvgIpc) is 3.12. The van der Waals surface area contributed by atoms with E-state index in [0.29, 0.717) is 11.5 Å². The van der Waals surface area contributed by atoms with Crippen LogP contribution in [-0.2, 0) is 4.74 Å². The lowest BCUT2D eigenvalue weighted by Gasteiger charge is -2.17. The quantitative estimate of drug-likeness (QED) is 0.736. The van der Waals surface area contributed by atoms with Crippen LogP contribution in [0, 0.1) is 0 Å². The second kappa shape index (κ2) is 7.26. The summed E-state index contributed by atoms with van der Waals surface area (Å²) >= 11 is 1.42. The van der Waals surface area contributed by atoms with Crippen molar-refractivity contribution in [1.29, 1.82) is 0 Å². The normalized spacial score (nSPS) is 10.9. The zero-order valence-electron chi connectivity index (χ0n) is 11.9. The van der Waals surface area contributed by atoms with E-state index in [1.54, 1.807) is 0 Å². The van der Waals surface area contributed by atoms with Crippen LogP contribution in [0.2, 0.25) is 0 Å². The summed E-state index contributed by atoms with van der Waals surface area (Å²) in [5, 5.41) is 1.91. The molecule has 20 heavy (non-hydrogen) atoms. The maximum absolute atomic E-state index is 12.1. The monoisotopic (exact) mass is 292 g/mol. The first-order valence-electron chi connectivity index (χ1n) is 6.86. The second-order valence-electron chi connectivity index (χ2n) is 4.39. The van der Waals surface area contributed by atoms with Gasteiger partial charge in [-0.2, -0.15) is 0 Å². The molecule has 0 fully saturated rings. The standard InChI is InChI=1S/C15H20N2O2S/c1-3-16(4-2)10-11-19-15(18)14-13(7-12-20-14)17-8-5-6-9-17/h5-9,12H,3-4,10-11H2,1-2H3. The van der Waals surface area contributed by atoms with E-state index in [4.69, 9.17) is 4.74 Å². The second-order valence-corrected chi connectivity index (χ2v) is 5.30. The number of rotatable bonds is 7. The van der Waals surface area contributed by atoms with Gasteiger partial charge in [-0.25, -0.2) is 4.79 Å². The minimum atomic E-state index is -0.240. The van der Waals surface area contributed by atoms with Gasteiger partial charge in [-0.3, -0.25) is 0 Å². The van der Waals surface area contributed by atoms with Crippen molar-refractivity contribution in [1.82, 2.24) is 9.47 Å². The summed E-state index contributed by atoms with van der Waals surface area (Å²) in [7, 11) is 0. The lowest BCUT2D eigenvalue weighted by Crippen LogP contribution is -2.27. The molecular formula is C15H20N2O2S. The molecule has 0 aromatic carbocycles. The lowest BCUT2D eigenvalue weighted by molar-refractivity contribution is 0.0472. The molecule has 0 unspecified atom stereocenters. The highest BCUT2D eigenvalue weighted by Gasteiger charge is 2.15. The Morgan fingerprint density at radius 3 is 2.65 bits per heavy atom. The smallest absolute Gasteiger partial charge is 0.350 e. The SMILES string of the molecule is CCN(CC)CCOC(=O)c1sccc1-n1cccc1. The zero-order chi connectivity index (χ0) is 14.4. The predicted octanol–water partition coefficient (Wildman–Crippen LogP) is 3.04. The molecule has 0 amide bonds. The molecule has 4 nitrogen and oxygen atoms in total. The Morgan fingerprint density at radius 2 is 2.00 bits per heavy atom. The third kappa shape index (κ3) is 3.49. The lowest BCUT2D eigenvalue weighted by atomic mass is 10.4. The summed E-state index contributed by atoms with van der Waals surface area (Å²) in [5.41, 5.74) is 0.882. The van der Waals surface area contributed by atoms with Gasteiger partial charge in [-0.15, -0.1) is 11.3 Å². The third-order valence-corrected chi connectivity index (χ3v) is 4.13. The van der Waals surface area contributed by atoms with Gasteiger partial charge in [-0.1, -0.05) is 13.8 Å². The molecule has 0 spiro atoms. The Balaban J connectivity index is 1.95. The van der Waals surface area contributed by atoms with Gasteiger partial charge in [0.25, 0.3) is 0 Å². The number of ether oxygens (including phenoxy) is 1. The van der Waals surface area contributed by atoms with Gasteiger partial charge in [0, 0.05) is 18.9 Å². The summed E-state index contributed by atoms with van der Waals surface area (Å²) in [6.45, 7) is 7.37. The largest absolute Gasteiger partial charge is 0.460 e. The van der Waals surface area contributed by atoms with Crippen LogP contribution in [-0.4, -0.2) is 41.7 Å². The Hall–Kier alpha value is -1.59. The topological polar surface area (TPSA) is 34.5 Å². The molecule has 0 atom stereocenters. The van der Waals surface area contributed by atoms with Crippen LogP contribution in [0.3, 0.4) is 0 Å². The molecule has 5 heteroatoms. The fourth-order valence-corrected chi connectivity index (χ4v) is 2.81. The van der Waals surface area contributed by atoms with Crippen LogP contribution >= 0.6 is 11.3 Å². The number of esters is 1. The summed E-state index contributed by atoms with van der Waals surface area (Å²) < 4.78 is 7.30. The first-order valence-corrected chi connectivity index (χ1v) is 7.74. The van der Waals surface area contributed by atoms with Gasteiger partial charge in [0.2, 0.25) is 0 Å². The fraction of sp³-hybridized carbons (Fsp3) is 0.400. The van der Waals surface area contributed by atoms with Crippen LogP contribution in [0.1, 0.15) is 23.5 Å². The molecule has 0 radical (unpaired) electrons. The summed E-state index contributed by atoms with van der Waals surface area (Å²) in [6, 6.07) is 5.81. The van der Waals surface area contributed by atoms with Crippen LogP contribution in [0.15, 0.2) is 36.0 Å². The Morgan fingerprint density at radius 1 is 1.30 bits per heavy atom. The third-order valence-electron chi connectivity index (χ3n) is 3.25. The molecule has 0 saturated heterocycles. The molecule has 0 aliphatic carbocycles. The molecule has 0 N–H and O–H groups in total. The number of likely N-dealkylation sites (N-methyl/N-ethyl adjacent to an activating group) is 1. The van der Waals surface area contributed by atoms with E-state index in [9.17, 15) is 4.79 Å². The van der Waals surface area contributed by atoms with Crippen LogP contribution in [0.5, 0.6) is 0 Å². The first kappa shape index (κ1) is 14.8. The summed E-state index contributed by atoms with van der Waals surface area (Å²) in [4.78, 5) is 15.0. The average molecular weight is 292 g/mol. The molecule has 0 aliphatic heterocycles. The maximum atomic E-state index is 12.1. The van der Waals surface area contributed by atoms with Gasteiger partial charge in [-0.05, 0) is 36.7 Å². The number of nitrogens with zero attached hydrogens (tertiary/aromatic N) is 2. The number of carbonyl (C=O) groups excluding carboxylic acids is 1. The Labute approximate surface area is 123 Å². The van der Waals surface area contributed by atoms with E-state index in [2.05, 4.69) is 18.7 Å². The molecule has 2 heterocycles. The van der Waals surface area contributed by atoms with E-state index in [-0.39, 0.29) is 5.97 Å². The molecule has 0 bridgehead atoms. The van der Waals surface area contributed by atoms with Crippen molar-refractivity contribution in [3.8, 4) is 5.69 Å². The van der Waals surface area contributed by atoms with E-state index in [1.807, 2.05) is 40.5 Å². The van der Waals surface area contributed by atoms with Crippen LogP contribution in [0.4, 0.5) is 0 Å². The molecule has 2 rings (SSSR count).